The molecule has 0 amide bonds. The van der Waals surface area contributed by atoms with Crippen molar-refractivity contribution >= 4 is 22.7 Å². The van der Waals surface area contributed by atoms with Crippen molar-refractivity contribution in [3.63, 3.8) is 0 Å². The Morgan fingerprint density at radius 1 is 1.25 bits per heavy atom. The largest absolute Gasteiger partial charge is 0.493 e. The highest BCUT2D eigenvalue weighted by Crippen LogP contribution is 2.33. The molecule has 0 saturated carbocycles. The number of benzene rings is 1. The Kier molecular flexibility index (Phi) is 4.89. The van der Waals surface area contributed by atoms with Crippen molar-refractivity contribution in [2.24, 2.45) is 5.92 Å². The zero-order valence-electron chi connectivity index (χ0n) is 14.5. The number of fused-ring (bicyclic) bond motifs is 1. The first-order valence-electron chi connectivity index (χ1n) is 8.22. The van der Waals surface area contributed by atoms with E-state index in [1.54, 1.807) is 14.2 Å². The highest BCUT2D eigenvalue weighted by Gasteiger charge is 2.18. The van der Waals surface area contributed by atoms with Gasteiger partial charge < -0.3 is 25.4 Å². The first kappa shape index (κ1) is 16.6. The van der Waals surface area contributed by atoms with Gasteiger partial charge >= 0.3 is 0 Å². The number of nitrogens with one attached hydrogen (secondary N) is 1. The molecule has 1 unspecified atom stereocenters. The van der Waals surface area contributed by atoms with Crippen LogP contribution in [0.2, 0.25) is 0 Å². The molecular weight excluding hydrogens is 306 g/mol. The topological polar surface area (TPSA) is 85.5 Å². The van der Waals surface area contributed by atoms with Gasteiger partial charge in [-0.15, -0.1) is 0 Å². The van der Waals surface area contributed by atoms with E-state index < -0.39 is 0 Å². The van der Waals surface area contributed by atoms with Crippen LogP contribution in [0.4, 0.5) is 11.8 Å². The van der Waals surface area contributed by atoms with E-state index in [0.717, 1.165) is 24.0 Å². The molecule has 0 spiro atoms. The molecule has 1 aromatic heterocycles. The maximum Gasteiger partial charge on any atom is 0.225 e. The highest BCUT2D eigenvalue weighted by atomic mass is 16.5. The van der Waals surface area contributed by atoms with Gasteiger partial charge in [-0.05, 0) is 38.4 Å². The number of hydrogen-bond acceptors (Lipinski definition) is 7. The minimum absolute atomic E-state index is 0.434. The minimum Gasteiger partial charge on any atom is -0.493 e. The number of ether oxygens (including phenoxy) is 2. The third-order valence-electron chi connectivity index (χ3n) is 4.50. The second kappa shape index (κ2) is 7.09. The molecule has 1 fully saturated rings. The first-order valence-corrected chi connectivity index (χ1v) is 8.22. The van der Waals surface area contributed by atoms with Crippen LogP contribution < -0.4 is 20.5 Å². The molecule has 7 heteroatoms. The lowest BCUT2D eigenvalue weighted by molar-refractivity contribution is 0.217. The summed E-state index contributed by atoms with van der Waals surface area (Å²) in [4.78, 5) is 11.3. The van der Waals surface area contributed by atoms with Gasteiger partial charge in [0.05, 0.1) is 19.7 Å². The Labute approximate surface area is 142 Å². The third-order valence-corrected chi connectivity index (χ3v) is 4.50. The van der Waals surface area contributed by atoms with Crippen LogP contribution in [0.25, 0.3) is 10.9 Å². The van der Waals surface area contributed by atoms with Crippen LogP contribution in [0.15, 0.2) is 12.1 Å². The molecule has 2 heterocycles. The summed E-state index contributed by atoms with van der Waals surface area (Å²) < 4.78 is 10.6. The van der Waals surface area contributed by atoms with Crippen LogP contribution in [0.3, 0.4) is 0 Å². The minimum atomic E-state index is 0.434. The first-order chi connectivity index (χ1) is 11.6. The number of nitrogens with two attached hydrogens (primary N) is 1. The summed E-state index contributed by atoms with van der Waals surface area (Å²) in [5, 5.41) is 4.09. The van der Waals surface area contributed by atoms with Crippen LogP contribution in [-0.2, 0) is 0 Å². The molecular formula is C17H25N5O2. The second-order valence-electron chi connectivity index (χ2n) is 6.31. The van der Waals surface area contributed by atoms with Crippen molar-refractivity contribution in [1.82, 2.24) is 14.9 Å². The van der Waals surface area contributed by atoms with E-state index in [4.69, 9.17) is 15.2 Å². The monoisotopic (exact) mass is 331 g/mol. The predicted octanol–water partition coefficient (Wildman–Crippen LogP) is 1.98. The van der Waals surface area contributed by atoms with Crippen molar-refractivity contribution < 1.29 is 9.47 Å². The number of aromatic nitrogens is 2. The third kappa shape index (κ3) is 3.46. The molecule has 0 bridgehead atoms. The molecule has 3 N–H and O–H groups in total. The van der Waals surface area contributed by atoms with Crippen LogP contribution in [-0.4, -0.2) is 55.8 Å². The summed E-state index contributed by atoms with van der Waals surface area (Å²) in [6.07, 6.45) is 2.46. The number of likely N-dealkylation sites (tertiary alicyclic amines) is 1. The molecule has 0 radical (unpaired) electrons. The van der Waals surface area contributed by atoms with Crippen molar-refractivity contribution in [2.75, 3.05) is 52.0 Å². The summed E-state index contributed by atoms with van der Waals surface area (Å²) in [5.41, 5.74) is 6.85. The van der Waals surface area contributed by atoms with Crippen molar-refractivity contribution in [2.45, 2.75) is 12.8 Å². The zero-order valence-corrected chi connectivity index (χ0v) is 14.5. The number of anilines is 2. The Balaban J connectivity index is 1.81. The number of nitrogens with zero attached hydrogens (tertiary/aromatic N) is 3. The summed E-state index contributed by atoms with van der Waals surface area (Å²) in [7, 11) is 5.36. The predicted molar refractivity (Wildman–Crippen MR) is 95.8 cm³/mol. The average molecular weight is 331 g/mol. The molecule has 3 rings (SSSR count). The molecule has 24 heavy (non-hydrogen) atoms. The maximum absolute atomic E-state index is 6.11. The Morgan fingerprint density at radius 3 is 2.71 bits per heavy atom. The van der Waals surface area contributed by atoms with Crippen molar-refractivity contribution in [1.29, 1.82) is 0 Å². The number of methoxy groups -OCH3 is 2. The van der Waals surface area contributed by atoms with Gasteiger partial charge in [-0.2, -0.15) is 4.98 Å². The SMILES string of the molecule is COc1cc2nc(NCC3CCCN(C)C3)nc(N)c2cc1OC. The van der Waals surface area contributed by atoms with E-state index >= 15 is 0 Å². The van der Waals surface area contributed by atoms with Crippen LogP contribution in [0.5, 0.6) is 11.5 Å². The van der Waals surface area contributed by atoms with Gasteiger partial charge in [0, 0.05) is 24.5 Å². The summed E-state index contributed by atoms with van der Waals surface area (Å²) in [6, 6.07) is 3.63. The fourth-order valence-corrected chi connectivity index (χ4v) is 3.23. The molecule has 7 nitrogen and oxygen atoms in total. The smallest absolute Gasteiger partial charge is 0.225 e. The quantitative estimate of drug-likeness (QED) is 0.866. The van der Waals surface area contributed by atoms with Gasteiger partial charge in [-0.25, -0.2) is 4.98 Å². The lowest BCUT2D eigenvalue weighted by atomic mass is 9.99. The van der Waals surface area contributed by atoms with Gasteiger partial charge in [0.25, 0.3) is 0 Å². The molecule has 1 atom stereocenters. The molecule has 2 aromatic rings. The fourth-order valence-electron chi connectivity index (χ4n) is 3.23. The number of rotatable bonds is 5. The fraction of sp³-hybridized carbons (Fsp3) is 0.529. The van der Waals surface area contributed by atoms with E-state index in [0.29, 0.717) is 29.2 Å². The van der Waals surface area contributed by atoms with Crippen molar-refractivity contribution in [3.05, 3.63) is 12.1 Å². The van der Waals surface area contributed by atoms with Gasteiger partial charge in [-0.1, -0.05) is 0 Å². The van der Waals surface area contributed by atoms with Gasteiger partial charge in [0.15, 0.2) is 11.5 Å². The standard InChI is InChI=1S/C17H25N5O2/c1-22-6-4-5-11(10-22)9-19-17-20-13-8-15(24-3)14(23-2)7-12(13)16(18)21-17/h7-8,11H,4-6,9-10H2,1-3H3,(H3,18,19,20,21). The Hall–Kier alpha value is -2.28. The number of piperidine rings is 1. The van der Waals surface area contributed by atoms with Crippen LogP contribution in [0.1, 0.15) is 12.8 Å². The van der Waals surface area contributed by atoms with Crippen molar-refractivity contribution in [3.8, 4) is 11.5 Å². The number of nitrogen functional groups attached to an aromatic ring is 1. The van der Waals surface area contributed by atoms with Gasteiger partial charge in [0.1, 0.15) is 5.82 Å². The van der Waals surface area contributed by atoms with Gasteiger partial charge in [0.2, 0.25) is 5.95 Å². The van der Waals surface area contributed by atoms with E-state index in [1.165, 1.54) is 19.4 Å². The lowest BCUT2D eigenvalue weighted by Crippen LogP contribution is -2.35. The van der Waals surface area contributed by atoms with E-state index in [-0.39, 0.29) is 0 Å². The molecule has 1 saturated heterocycles. The molecule has 1 aromatic carbocycles. The lowest BCUT2D eigenvalue weighted by Gasteiger charge is -2.29. The molecule has 1 aliphatic rings. The van der Waals surface area contributed by atoms with E-state index in [2.05, 4.69) is 27.2 Å². The summed E-state index contributed by atoms with van der Waals surface area (Å²) >= 11 is 0. The van der Waals surface area contributed by atoms with Crippen LogP contribution in [0, 0.1) is 5.92 Å². The second-order valence-corrected chi connectivity index (χ2v) is 6.31. The Morgan fingerprint density at radius 2 is 2.00 bits per heavy atom. The normalized spacial score (nSPS) is 18.5. The average Bonchev–Trinajstić information content (AvgIpc) is 2.59. The zero-order chi connectivity index (χ0) is 17.1. The Bertz CT molecular complexity index is 722. The van der Waals surface area contributed by atoms with E-state index in [1.807, 2.05) is 12.1 Å². The number of hydrogen-bond donors (Lipinski definition) is 2. The maximum atomic E-state index is 6.11. The van der Waals surface area contributed by atoms with Gasteiger partial charge in [-0.3, -0.25) is 0 Å². The summed E-state index contributed by atoms with van der Waals surface area (Å²) in [6.45, 7) is 3.13. The van der Waals surface area contributed by atoms with Crippen LogP contribution >= 0.6 is 0 Å². The van der Waals surface area contributed by atoms with E-state index in [9.17, 15) is 0 Å². The summed E-state index contributed by atoms with van der Waals surface area (Å²) in [5.74, 6) is 2.84. The molecule has 0 aliphatic carbocycles. The highest BCUT2D eigenvalue weighted by molar-refractivity contribution is 5.91. The molecule has 1 aliphatic heterocycles. The molecule has 130 valence electrons.